The average Bonchev–Trinajstić information content (AvgIpc) is 2.31. The second-order valence-corrected chi connectivity index (χ2v) is 6.64. The minimum absolute atomic E-state index is 0.326. The van der Waals surface area contributed by atoms with Gasteiger partial charge in [0.25, 0.3) is 0 Å². The summed E-state index contributed by atoms with van der Waals surface area (Å²) in [4.78, 5) is 0. The van der Waals surface area contributed by atoms with Gasteiger partial charge in [0.2, 0.25) is 0 Å². The lowest BCUT2D eigenvalue weighted by Gasteiger charge is -2.16. The molecular weight excluding hydrogens is 318 g/mol. The van der Waals surface area contributed by atoms with Gasteiger partial charge in [0.05, 0.1) is 12.7 Å². The number of aliphatic hydroxyl groups is 1. The van der Waals surface area contributed by atoms with E-state index in [1.54, 1.807) is 6.92 Å². The second-order valence-electron chi connectivity index (χ2n) is 5.72. The van der Waals surface area contributed by atoms with E-state index < -0.39 is 0 Å². The number of hydrogen-bond acceptors (Lipinski definition) is 3. The normalized spacial score (nSPS) is 12.8. The highest BCUT2D eigenvalue weighted by Crippen LogP contribution is 2.28. The van der Waals surface area contributed by atoms with Crippen LogP contribution in [-0.2, 0) is 6.54 Å². The van der Waals surface area contributed by atoms with Crippen LogP contribution in [0.25, 0.3) is 0 Å². The van der Waals surface area contributed by atoms with Crippen LogP contribution in [0.15, 0.2) is 16.6 Å². The molecule has 0 saturated carbocycles. The van der Waals surface area contributed by atoms with Crippen LogP contribution in [0.5, 0.6) is 5.75 Å². The molecule has 20 heavy (non-hydrogen) atoms. The summed E-state index contributed by atoms with van der Waals surface area (Å²) in [7, 11) is 0. The van der Waals surface area contributed by atoms with Gasteiger partial charge < -0.3 is 15.2 Å². The molecule has 0 spiro atoms. The summed E-state index contributed by atoms with van der Waals surface area (Å²) in [5, 5.41) is 12.8. The maximum Gasteiger partial charge on any atom is 0.126 e. The highest BCUT2D eigenvalue weighted by molar-refractivity contribution is 9.10. The van der Waals surface area contributed by atoms with Crippen molar-refractivity contribution in [3.8, 4) is 5.75 Å². The van der Waals surface area contributed by atoms with E-state index in [9.17, 15) is 5.11 Å². The fraction of sp³-hybridized carbons (Fsp3) is 0.625. The summed E-state index contributed by atoms with van der Waals surface area (Å²) >= 11 is 3.54. The number of hydrogen-bond donors (Lipinski definition) is 2. The van der Waals surface area contributed by atoms with Crippen molar-refractivity contribution in [3.05, 3.63) is 27.7 Å². The highest BCUT2D eigenvalue weighted by Gasteiger charge is 2.10. The van der Waals surface area contributed by atoms with Gasteiger partial charge >= 0.3 is 0 Å². The smallest absolute Gasteiger partial charge is 0.126 e. The number of aryl methyl sites for hydroxylation is 1. The van der Waals surface area contributed by atoms with Crippen LogP contribution in [0.4, 0.5) is 0 Å². The third kappa shape index (κ3) is 6.25. The fourth-order valence-corrected chi connectivity index (χ4v) is 2.58. The zero-order chi connectivity index (χ0) is 15.1. The molecule has 1 rings (SSSR count). The van der Waals surface area contributed by atoms with E-state index in [1.807, 2.05) is 0 Å². The maximum atomic E-state index is 9.32. The van der Waals surface area contributed by atoms with Crippen molar-refractivity contribution in [1.82, 2.24) is 5.32 Å². The van der Waals surface area contributed by atoms with Crippen LogP contribution in [0, 0.1) is 12.8 Å². The lowest BCUT2D eigenvalue weighted by atomic mass is 10.1. The van der Waals surface area contributed by atoms with E-state index in [1.165, 1.54) is 0 Å². The zero-order valence-corrected chi connectivity index (χ0v) is 14.5. The van der Waals surface area contributed by atoms with Crippen LogP contribution in [0.3, 0.4) is 0 Å². The first-order valence-corrected chi connectivity index (χ1v) is 8.00. The summed E-state index contributed by atoms with van der Waals surface area (Å²) in [6.45, 7) is 10.5. The fourth-order valence-electron chi connectivity index (χ4n) is 1.96. The van der Waals surface area contributed by atoms with Gasteiger partial charge in [0.15, 0.2) is 0 Å². The number of nitrogens with one attached hydrogen (secondary N) is 1. The Labute approximate surface area is 130 Å². The molecule has 1 aromatic carbocycles. The number of benzene rings is 1. The van der Waals surface area contributed by atoms with E-state index in [-0.39, 0.29) is 6.10 Å². The van der Waals surface area contributed by atoms with E-state index in [4.69, 9.17) is 4.74 Å². The summed E-state index contributed by atoms with van der Waals surface area (Å²) in [5.41, 5.74) is 2.27. The van der Waals surface area contributed by atoms with E-state index in [0.29, 0.717) is 18.9 Å². The van der Waals surface area contributed by atoms with Gasteiger partial charge in [-0.05, 0) is 44.0 Å². The van der Waals surface area contributed by atoms with Gasteiger partial charge in [-0.2, -0.15) is 0 Å². The summed E-state index contributed by atoms with van der Waals surface area (Å²) in [5.74, 6) is 1.56. The van der Waals surface area contributed by atoms with Crippen molar-refractivity contribution in [3.63, 3.8) is 0 Å². The lowest BCUT2D eigenvalue weighted by Crippen LogP contribution is -2.20. The topological polar surface area (TPSA) is 41.5 Å². The molecule has 0 heterocycles. The van der Waals surface area contributed by atoms with Crippen molar-refractivity contribution in [2.75, 3.05) is 13.2 Å². The summed E-state index contributed by atoms with van der Waals surface area (Å²) in [6.07, 6.45) is 0.322. The van der Waals surface area contributed by atoms with Crippen LogP contribution in [-0.4, -0.2) is 24.4 Å². The minimum atomic E-state index is -0.326. The largest absolute Gasteiger partial charge is 0.493 e. The van der Waals surface area contributed by atoms with Crippen molar-refractivity contribution in [2.24, 2.45) is 5.92 Å². The number of ether oxygens (including phenoxy) is 1. The number of rotatable bonds is 8. The zero-order valence-electron chi connectivity index (χ0n) is 12.9. The monoisotopic (exact) mass is 343 g/mol. The summed E-state index contributed by atoms with van der Waals surface area (Å²) < 4.78 is 6.94. The predicted molar refractivity (Wildman–Crippen MR) is 87.2 cm³/mol. The van der Waals surface area contributed by atoms with Crippen LogP contribution in [0.1, 0.15) is 38.3 Å². The Morgan fingerprint density at radius 1 is 1.30 bits per heavy atom. The first-order chi connectivity index (χ1) is 9.40. The molecule has 114 valence electrons. The molecule has 0 aliphatic rings. The molecule has 1 atom stereocenters. The van der Waals surface area contributed by atoms with E-state index >= 15 is 0 Å². The number of aliphatic hydroxyl groups excluding tert-OH is 1. The van der Waals surface area contributed by atoms with Gasteiger partial charge in [-0.3, -0.25) is 0 Å². The molecule has 0 aliphatic carbocycles. The molecule has 0 bridgehead atoms. The minimum Gasteiger partial charge on any atom is -0.493 e. The molecule has 0 aromatic heterocycles. The molecule has 0 radical (unpaired) electrons. The molecule has 0 fully saturated rings. The van der Waals surface area contributed by atoms with Crippen LogP contribution < -0.4 is 10.1 Å². The standard InChI is InChI=1S/C16H26BrNO2/c1-11(2)9-18-10-14-8-15(17)7-12(3)16(14)20-6-5-13(4)19/h7-8,11,13,18-19H,5-6,9-10H2,1-4H3. The Kier molecular flexibility index (Phi) is 7.56. The molecule has 0 aliphatic heterocycles. The van der Waals surface area contributed by atoms with Crippen molar-refractivity contribution in [1.29, 1.82) is 0 Å². The number of halogens is 1. The third-order valence-corrected chi connectivity index (χ3v) is 3.42. The van der Waals surface area contributed by atoms with Gasteiger partial charge in [-0.25, -0.2) is 0 Å². The molecule has 0 saturated heterocycles. The molecule has 1 aromatic rings. The van der Waals surface area contributed by atoms with Crippen molar-refractivity contribution in [2.45, 2.75) is 46.8 Å². The Morgan fingerprint density at radius 2 is 2.00 bits per heavy atom. The Hall–Kier alpha value is -0.580. The van der Waals surface area contributed by atoms with Gasteiger partial charge in [0, 0.05) is 23.0 Å². The maximum absolute atomic E-state index is 9.32. The van der Waals surface area contributed by atoms with Crippen molar-refractivity contribution < 1.29 is 9.84 Å². The van der Waals surface area contributed by atoms with E-state index in [2.05, 4.69) is 54.2 Å². The van der Waals surface area contributed by atoms with Gasteiger partial charge in [0.1, 0.15) is 5.75 Å². The predicted octanol–water partition coefficient (Wildman–Crippen LogP) is 3.65. The molecule has 3 nitrogen and oxygen atoms in total. The second kappa shape index (κ2) is 8.65. The molecule has 1 unspecified atom stereocenters. The Bertz CT molecular complexity index is 419. The van der Waals surface area contributed by atoms with Gasteiger partial charge in [-0.15, -0.1) is 0 Å². The first kappa shape index (κ1) is 17.5. The Balaban J connectivity index is 2.73. The molecule has 0 amide bonds. The quantitative estimate of drug-likeness (QED) is 0.756. The molecule has 2 N–H and O–H groups in total. The third-order valence-electron chi connectivity index (χ3n) is 2.97. The highest BCUT2D eigenvalue weighted by atomic mass is 79.9. The molecule has 4 heteroatoms. The first-order valence-electron chi connectivity index (χ1n) is 7.20. The van der Waals surface area contributed by atoms with Crippen LogP contribution in [0.2, 0.25) is 0 Å². The summed E-state index contributed by atoms with van der Waals surface area (Å²) in [6, 6.07) is 4.15. The lowest BCUT2D eigenvalue weighted by molar-refractivity contribution is 0.155. The molecular formula is C16H26BrNO2. The van der Waals surface area contributed by atoms with Crippen LogP contribution >= 0.6 is 15.9 Å². The average molecular weight is 344 g/mol. The Morgan fingerprint density at radius 3 is 2.60 bits per heavy atom. The van der Waals surface area contributed by atoms with E-state index in [0.717, 1.165) is 34.4 Å². The van der Waals surface area contributed by atoms with Crippen molar-refractivity contribution >= 4 is 15.9 Å². The van der Waals surface area contributed by atoms with Gasteiger partial charge in [-0.1, -0.05) is 29.8 Å². The SMILES string of the molecule is Cc1cc(Br)cc(CNCC(C)C)c1OCCC(C)O.